The zero-order chi connectivity index (χ0) is 33.8. The number of hydrogen-bond acceptors (Lipinski definition) is 2. The Kier molecular flexibility index (Phi) is 13.6. The summed E-state index contributed by atoms with van der Waals surface area (Å²) >= 11 is 0. The van der Waals surface area contributed by atoms with Gasteiger partial charge in [0.25, 0.3) is 0 Å². The van der Waals surface area contributed by atoms with Crippen molar-refractivity contribution < 1.29 is 23.9 Å². The summed E-state index contributed by atoms with van der Waals surface area (Å²) in [6, 6.07) is 23.5. The molecule has 0 bridgehead atoms. The molecule has 0 amide bonds. The Morgan fingerprint density at radius 2 is 1.11 bits per heavy atom. The van der Waals surface area contributed by atoms with Crippen LogP contribution in [0, 0.1) is 0 Å². The van der Waals surface area contributed by atoms with Gasteiger partial charge in [-0.15, -0.1) is 0 Å². The summed E-state index contributed by atoms with van der Waals surface area (Å²) in [6.07, 6.45) is 18.7. The molecule has 6 heteroatoms. The quantitative estimate of drug-likeness (QED) is 0.102. The Morgan fingerprint density at radius 1 is 0.617 bits per heavy atom. The Balaban J connectivity index is 1.46. The largest absolute Gasteiger partial charge is 0.390 e. The Morgan fingerprint density at radius 3 is 1.57 bits per heavy atom. The molecule has 252 valence electrons. The van der Waals surface area contributed by atoms with Crippen LogP contribution in [0.15, 0.2) is 104 Å². The van der Waals surface area contributed by atoms with Crippen molar-refractivity contribution in [1.82, 2.24) is 4.48 Å². The highest BCUT2D eigenvalue weighted by atomic mass is 16.3. The maximum Gasteiger partial charge on any atom is 0.202 e. The molecule has 2 N–H and O–H groups in total. The topological polar surface area (TPSA) is 52.1 Å². The number of quaternary nitrogens is 1. The molecule has 4 aromatic rings. The zero-order valence-electron chi connectivity index (χ0n) is 29.7. The predicted octanol–water partition coefficient (Wildman–Crippen LogP) is 6.13. The average molecular weight is 641 g/mol. The van der Waals surface area contributed by atoms with E-state index in [0.717, 1.165) is 18.5 Å². The standard InChI is InChI=1S/C41H60N4O2/c1-7-33(3)36-19-25-43(26-20-36)29-40(31-46)45(6,39-15-10-9-11-16-39)41(32-47)30-44-27-21-37(22-28-44)34(4)13-12-14-35(8-2)38-17-23-42(5)24-18-38/h9-11,15-28,33-35,40-41,46-47H,7-8,12-14,29-32H2,1-6H3/q+4. The minimum atomic E-state index is -0.158. The molecular weight excluding hydrogens is 580 g/mol. The van der Waals surface area contributed by atoms with Gasteiger partial charge in [0.05, 0.1) is 7.05 Å². The molecule has 0 aliphatic carbocycles. The Bertz CT molecular complexity index is 1460. The number of pyridine rings is 3. The van der Waals surface area contributed by atoms with Crippen LogP contribution in [-0.2, 0) is 20.1 Å². The van der Waals surface area contributed by atoms with Crippen LogP contribution in [0.2, 0.25) is 0 Å². The van der Waals surface area contributed by atoms with Crippen LogP contribution in [-0.4, -0.2) is 42.6 Å². The van der Waals surface area contributed by atoms with Gasteiger partial charge in [0.2, 0.25) is 13.1 Å². The third kappa shape index (κ3) is 9.34. The molecule has 0 saturated heterocycles. The summed E-state index contributed by atoms with van der Waals surface area (Å²) in [7, 11) is 4.24. The normalized spacial score (nSPS) is 16.2. The van der Waals surface area contributed by atoms with Crippen LogP contribution in [0.5, 0.6) is 0 Å². The Hall–Kier alpha value is -3.45. The maximum absolute atomic E-state index is 10.9. The van der Waals surface area contributed by atoms with E-state index in [4.69, 9.17) is 0 Å². The molecule has 6 atom stereocenters. The lowest BCUT2D eigenvalue weighted by Crippen LogP contribution is -2.69. The summed E-state index contributed by atoms with van der Waals surface area (Å²) < 4.78 is 6.90. The molecular formula is C41H60N4O2+4. The number of aromatic nitrogens is 3. The fourth-order valence-electron chi connectivity index (χ4n) is 7.05. The smallest absolute Gasteiger partial charge is 0.202 e. The second-order valence-corrected chi connectivity index (χ2v) is 13.9. The van der Waals surface area contributed by atoms with E-state index in [9.17, 15) is 10.2 Å². The molecule has 0 saturated carbocycles. The van der Waals surface area contributed by atoms with Gasteiger partial charge in [-0.25, -0.2) is 4.57 Å². The molecule has 47 heavy (non-hydrogen) atoms. The van der Waals surface area contributed by atoms with E-state index in [1.807, 2.05) is 6.07 Å². The number of aliphatic hydroxyl groups is 2. The summed E-state index contributed by atoms with van der Waals surface area (Å²) in [5.74, 6) is 1.61. The van der Waals surface area contributed by atoms with Crippen LogP contribution in [0.4, 0.5) is 5.69 Å². The van der Waals surface area contributed by atoms with Crippen molar-refractivity contribution in [1.29, 1.82) is 0 Å². The monoisotopic (exact) mass is 640 g/mol. The van der Waals surface area contributed by atoms with Gasteiger partial charge in [0, 0.05) is 36.4 Å². The van der Waals surface area contributed by atoms with E-state index >= 15 is 0 Å². The van der Waals surface area contributed by atoms with E-state index in [0.29, 0.717) is 35.3 Å². The second-order valence-electron chi connectivity index (χ2n) is 13.9. The zero-order valence-corrected chi connectivity index (χ0v) is 29.7. The van der Waals surface area contributed by atoms with Crippen molar-refractivity contribution >= 4 is 5.69 Å². The molecule has 3 aromatic heterocycles. The highest BCUT2D eigenvalue weighted by Gasteiger charge is 2.45. The fraction of sp³-hybridized carbons (Fsp3) is 0.488. The number of rotatable bonds is 18. The number of hydrogen-bond donors (Lipinski definition) is 2. The summed E-state index contributed by atoms with van der Waals surface area (Å²) in [5, 5.41) is 21.8. The van der Waals surface area contributed by atoms with E-state index in [1.54, 1.807) is 0 Å². The first kappa shape index (κ1) is 36.4. The van der Waals surface area contributed by atoms with Gasteiger partial charge in [-0.2, -0.15) is 9.13 Å². The lowest BCUT2D eigenvalue weighted by molar-refractivity contribution is -0.707. The number of aryl methyl sites for hydroxylation is 1. The molecule has 0 aliphatic heterocycles. The van der Waals surface area contributed by atoms with Gasteiger partial charge in [-0.1, -0.05) is 52.3 Å². The van der Waals surface area contributed by atoms with Crippen molar-refractivity contribution in [2.24, 2.45) is 7.05 Å². The minimum absolute atomic E-state index is 0.00291. The maximum atomic E-state index is 10.9. The lowest BCUT2D eigenvalue weighted by Gasteiger charge is -2.43. The number of benzene rings is 1. The molecule has 6 nitrogen and oxygen atoms in total. The summed E-state index contributed by atoms with van der Waals surface area (Å²) in [6.45, 7) is 10.4. The predicted molar refractivity (Wildman–Crippen MR) is 191 cm³/mol. The van der Waals surface area contributed by atoms with Crippen LogP contribution in [0.25, 0.3) is 0 Å². The number of likely N-dealkylation sites (N-methyl/N-ethyl adjacent to an activating group) is 1. The van der Waals surface area contributed by atoms with Crippen molar-refractivity contribution in [3.63, 3.8) is 0 Å². The van der Waals surface area contributed by atoms with Crippen LogP contribution in [0.3, 0.4) is 0 Å². The average Bonchev–Trinajstić information content (AvgIpc) is 3.12. The fourth-order valence-corrected chi connectivity index (χ4v) is 7.05. The van der Waals surface area contributed by atoms with E-state index < -0.39 is 0 Å². The number of para-hydroxylation sites is 1. The van der Waals surface area contributed by atoms with Crippen molar-refractivity contribution in [3.05, 3.63) is 121 Å². The number of nitrogens with zero attached hydrogens (tertiary/aromatic N) is 4. The van der Waals surface area contributed by atoms with Crippen molar-refractivity contribution in [2.75, 3.05) is 20.3 Å². The van der Waals surface area contributed by atoms with Gasteiger partial charge >= 0.3 is 0 Å². The molecule has 0 radical (unpaired) electrons. The first-order valence-corrected chi connectivity index (χ1v) is 17.8. The van der Waals surface area contributed by atoms with Gasteiger partial charge in [-0.05, 0) is 72.3 Å². The summed E-state index contributed by atoms with van der Waals surface area (Å²) in [5.41, 5.74) is 5.22. The molecule has 4 rings (SSSR count). The highest BCUT2D eigenvalue weighted by molar-refractivity contribution is 5.43. The number of aliphatic hydroxyl groups excluding tert-OH is 2. The molecule has 1 aromatic carbocycles. The van der Waals surface area contributed by atoms with Crippen LogP contribution >= 0.6 is 0 Å². The molecule has 3 heterocycles. The molecule has 6 unspecified atom stereocenters. The molecule has 0 spiro atoms. The Labute approximate surface area is 284 Å². The highest BCUT2D eigenvalue weighted by Crippen LogP contribution is 2.30. The molecule has 0 fully saturated rings. The first-order valence-electron chi connectivity index (χ1n) is 17.8. The SMILES string of the molecule is CCC(C)c1cc[n+](CC(CO)[N+](C)(c2ccccc2)C(CO)C[n+]2ccc(C(C)CCCC(CC)c3cc[n+](C)cc3)cc2)cc1. The van der Waals surface area contributed by atoms with Crippen LogP contribution in [0.1, 0.15) is 94.2 Å². The van der Waals surface area contributed by atoms with Gasteiger partial charge < -0.3 is 10.2 Å². The first-order chi connectivity index (χ1) is 22.7. The molecule has 0 aliphatic rings. The van der Waals surface area contributed by atoms with E-state index in [2.05, 4.69) is 153 Å². The minimum Gasteiger partial charge on any atom is -0.390 e. The lowest BCUT2D eigenvalue weighted by atomic mass is 9.89. The second kappa shape index (κ2) is 17.6. The van der Waals surface area contributed by atoms with Crippen molar-refractivity contribution in [2.45, 2.75) is 103 Å². The van der Waals surface area contributed by atoms with E-state index in [1.165, 1.54) is 36.0 Å². The van der Waals surface area contributed by atoms with Crippen molar-refractivity contribution in [3.8, 4) is 0 Å². The third-order valence-corrected chi connectivity index (χ3v) is 10.8. The third-order valence-electron chi connectivity index (χ3n) is 10.8. The van der Waals surface area contributed by atoms with Gasteiger partial charge in [0.15, 0.2) is 49.3 Å². The summed E-state index contributed by atoms with van der Waals surface area (Å²) in [4.78, 5) is 0. The van der Waals surface area contributed by atoms with E-state index in [-0.39, 0.29) is 25.3 Å². The van der Waals surface area contributed by atoms with Gasteiger partial charge in [-0.3, -0.25) is 4.48 Å². The van der Waals surface area contributed by atoms with Gasteiger partial charge in [0.1, 0.15) is 25.9 Å². The van der Waals surface area contributed by atoms with Crippen LogP contribution < -0.4 is 18.2 Å².